The Bertz CT molecular complexity index is 449. The van der Waals surface area contributed by atoms with Gasteiger partial charge in [-0.2, -0.15) is 5.10 Å². The topological polar surface area (TPSA) is 70.9 Å². The molecule has 1 aromatic carbocycles. The number of rotatable bonds is 3. The quantitative estimate of drug-likeness (QED) is 0.616. The predicted octanol–water partition coefficient (Wildman–Crippen LogP) is 1.02. The van der Waals surface area contributed by atoms with Crippen LogP contribution in [0.1, 0.15) is 5.56 Å². The first-order valence-corrected chi connectivity index (χ1v) is 4.56. The van der Waals surface area contributed by atoms with Gasteiger partial charge in [0, 0.05) is 5.56 Å². The van der Waals surface area contributed by atoms with Gasteiger partial charge in [0.05, 0.1) is 19.4 Å². The number of carbonyl (C=O) groups excluding carboxylic acids is 1. The summed E-state index contributed by atoms with van der Waals surface area (Å²) < 4.78 is 30.5. The van der Waals surface area contributed by atoms with Crippen molar-refractivity contribution in [3.05, 3.63) is 35.4 Å². The molecule has 0 radical (unpaired) electrons. The third-order valence-electron chi connectivity index (χ3n) is 1.88. The van der Waals surface area contributed by atoms with Crippen molar-refractivity contribution in [2.75, 3.05) is 13.7 Å². The number of ether oxygens (including phenoxy) is 1. The van der Waals surface area contributed by atoms with E-state index in [1.807, 2.05) is 5.43 Å². The summed E-state index contributed by atoms with van der Waals surface area (Å²) in [4.78, 5) is 10.7. The molecule has 1 aromatic rings. The molecular formula is C10H10F2N2O3. The Morgan fingerprint density at radius 1 is 1.53 bits per heavy atom. The maximum Gasteiger partial charge on any atom is 0.427 e. The number of hydrazone groups is 1. The average Bonchev–Trinajstić information content (AvgIpc) is 2.34. The van der Waals surface area contributed by atoms with Crippen molar-refractivity contribution in [2.45, 2.75) is 0 Å². The molecule has 92 valence electrons. The van der Waals surface area contributed by atoms with Gasteiger partial charge in [-0.15, -0.1) is 0 Å². The molecule has 1 amide bonds. The molecule has 2 N–H and O–H groups in total. The maximum atomic E-state index is 13.3. The molecule has 1 rings (SSSR count). The number of hydrogen-bond acceptors (Lipinski definition) is 4. The minimum absolute atomic E-state index is 0.215. The minimum atomic E-state index is -1.15. The Balaban J connectivity index is 3.01. The summed E-state index contributed by atoms with van der Waals surface area (Å²) in [7, 11) is 1.12. The number of benzene rings is 1. The summed E-state index contributed by atoms with van der Waals surface area (Å²) in [5.41, 5.74) is 1.46. The number of nitrogens with zero attached hydrogens (tertiary/aromatic N) is 1. The zero-order valence-electron chi connectivity index (χ0n) is 8.91. The lowest BCUT2D eigenvalue weighted by Gasteiger charge is -2.05. The van der Waals surface area contributed by atoms with Crippen LogP contribution < -0.4 is 5.43 Å². The van der Waals surface area contributed by atoms with E-state index in [9.17, 15) is 13.6 Å². The lowest BCUT2D eigenvalue weighted by molar-refractivity contribution is 0.171. The van der Waals surface area contributed by atoms with Crippen LogP contribution in [0.5, 0.6) is 0 Å². The van der Waals surface area contributed by atoms with E-state index in [-0.39, 0.29) is 11.3 Å². The van der Waals surface area contributed by atoms with Crippen LogP contribution in [-0.4, -0.2) is 30.6 Å². The minimum Gasteiger partial charge on any atom is -0.452 e. The van der Waals surface area contributed by atoms with E-state index in [2.05, 4.69) is 9.84 Å². The summed E-state index contributed by atoms with van der Waals surface area (Å²) in [5.74, 6) is -2.21. The van der Waals surface area contributed by atoms with Gasteiger partial charge >= 0.3 is 6.09 Å². The fraction of sp³-hybridized carbons (Fsp3) is 0.200. The van der Waals surface area contributed by atoms with Crippen LogP contribution in [0, 0.1) is 11.6 Å². The molecule has 0 spiro atoms. The van der Waals surface area contributed by atoms with E-state index in [4.69, 9.17) is 5.11 Å². The second-order valence-corrected chi connectivity index (χ2v) is 2.92. The fourth-order valence-electron chi connectivity index (χ4n) is 1.07. The first kappa shape index (κ1) is 13.0. The van der Waals surface area contributed by atoms with Crippen LogP contribution in [0.25, 0.3) is 0 Å². The largest absolute Gasteiger partial charge is 0.452 e. The van der Waals surface area contributed by atoms with Crippen LogP contribution >= 0.6 is 0 Å². The third kappa shape index (κ3) is 3.22. The molecule has 0 unspecified atom stereocenters. The number of aliphatic hydroxyl groups is 1. The van der Waals surface area contributed by atoms with Gasteiger partial charge in [0.1, 0.15) is 0 Å². The molecule has 0 bridgehead atoms. The van der Waals surface area contributed by atoms with Crippen molar-refractivity contribution in [2.24, 2.45) is 5.10 Å². The predicted molar refractivity (Wildman–Crippen MR) is 55.5 cm³/mol. The average molecular weight is 244 g/mol. The Kier molecular flexibility index (Phi) is 4.53. The first-order chi connectivity index (χ1) is 8.10. The van der Waals surface area contributed by atoms with Crippen LogP contribution in [-0.2, 0) is 4.74 Å². The van der Waals surface area contributed by atoms with Gasteiger partial charge in [-0.05, 0) is 12.1 Å². The zero-order chi connectivity index (χ0) is 12.8. The summed E-state index contributed by atoms with van der Waals surface area (Å²) in [6.07, 6.45) is -0.882. The van der Waals surface area contributed by atoms with E-state index in [1.165, 1.54) is 12.1 Å². The van der Waals surface area contributed by atoms with E-state index in [0.29, 0.717) is 0 Å². The molecule has 0 fully saturated rings. The number of amides is 1. The van der Waals surface area contributed by atoms with Gasteiger partial charge in [-0.25, -0.2) is 19.0 Å². The highest BCUT2D eigenvalue weighted by Crippen LogP contribution is 2.12. The second-order valence-electron chi connectivity index (χ2n) is 2.92. The molecule has 0 aliphatic rings. The smallest absolute Gasteiger partial charge is 0.427 e. The summed E-state index contributed by atoms with van der Waals surface area (Å²) in [6, 6.07) is 3.42. The highest BCUT2D eigenvalue weighted by atomic mass is 19.2. The Morgan fingerprint density at radius 3 is 2.82 bits per heavy atom. The van der Waals surface area contributed by atoms with Gasteiger partial charge in [0.2, 0.25) is 0 Å². The summed E-state index contributed by atoms with van der Waals surface area (Å²) in [6.45, 7) is -0.662. The van der Waals surface area contributed by atoms with Crippen LogP contribution in [0.2, 0.25) is 0 Å². The van der Waals surface area contributed by atoms with Gasteiger partial charge in [0.25, 0.3) is 0 Å². The monoisotopic (exact) mass is 244 g/mol. The zero-order valence-corrected chi connectivity index (χ0v) is 8.91. The van der Waals surface area contributed by atoms with E-state index < -0.39 is 24.3 Å². The van der Waals surface area contributed by atoms with E-state index in [1.54, 1.807) is 0 Å². The van der Waals surface area contributed by atoms with Crippen molar-refractivity contribution in [1.29, 1.82) is 0 Å². The highest BCUT2D eigenvalue weighted by molar-refractivity contribution is 6.02. The van der Waals surface area contributed by atoms with E-state index >= 15 is 0 Å². The summed E-state index contributed by atoms with van der Waals surface area (Å²) >= 11 is 0. The Labute approximate surface area is 95.7 Å². The van der Waals surface area contributed by atoms with E-state index in [0.717, 1.165) is 13.2 Å². The second kappa shape index (κ2) is 5.90. The molecular weight excluding hydrogens is 234 g/mol. The fourth-order valence-corrected chi connectivity index (χ4v) is 1.07. The normalized spacial score (nSPS) is 11.2. The van der Waals surface area contributed by atoms with Gasteiger partial charge < -0.3 is 9.84 Å². The standard InChI is InChI=1S/C10H10F2N2O3/c1-17-10(16)14-13-8(5-15)6-3-2-4-7(11)9(6)12/h2-4,15H,5H2,1H3,(H,14,16). The van der Waals surface area contributed by atoms with Crippen molar-refractivity contribution < 1.29 is 23.4 Å². The lowest BCUT2D eigenvalue weighted by atomic mass is 10.1. The molecule has 17 heavy (non-hydrogen) atoms. The molecule has 0 saturated heterocycles. The maximum absolute atomic E-state index is 13.3. The molecule has 0 aliphatic carbocycles. The number of nitrogens with one attached hydrogen (secondary N) is 1. The van der Waals surface area contributed by atoms with Gasteiger partial charge in [-0.1, -0.05) is 6.07 Å². The lowest BCUT2D eigenvalue weighted by Crippen LogP contribution is -2.21. The van der Waals surface area contributed by atoms with Crippen molar-refractivity contribution in [3.63, 3.8) is 0 Å². The number of halogens is 2. The number of hydrogen-bond donors (Lipinski definition) is 2. The van der Waals surface area contributed by atoms with Gasteiger partial charge in [-0.3, -0.25) is 0 Å². The SMILES string of the molecule is COC(=O)NN=C(CO)c1cccc(F)c1F. The van der Waals surface area contributed by atoms with Crippen LogP contribution in [0.4, 0.5) is 13.6 Å². The van der Waals surface area contributed by atoms with Crippen LogP contribution in [0.3, 0.4) is 0 Å². The first-order valence-electron chi connectivity index (χ1n) is 4.56. The molecule has 0 aromatic heterocycles. The molecule has 0 atom stereocenters. The molecule has 0 heterocycles. The van der Waals surface area contributed by atoms with Crippen molar-refractivity contribution >= 4 is 11.8 Å². The van der Waals surface area contributed by atoms with Crippen molar-refractivity contribution in [3.8, 4) is 0 Å². The molecule has 0 saturated carbocycles. The Hall–Kier alpha value is -2.02. The van der Waals surface area contributed by atoms with Crippen LogP contribution in [0.15, 0.2) is 23.3 Å². The summed E-state index contributed by atoms with van der Waals surface area (Å²) in [5, 5.41) is 12.4. The number of methoxy groups -OCH3 is 1. The highest BCUT2D eigenvalue weighted by Gasteiger charge is 2.13. The number of carbonyl (C=O) groups is 1. The molecule has 7 heteroatoms. The van der Waals surface area contributed by atoms with Gasteiger partial charge in [0.15, 0.2) is 11.6 Å². The number of aliphatic hydroxyl groups excluding tert-OH is 1. The molecule has 0 aliphatic heterocycles. The van der Waals surface area contributed by atoms with Crippen molar-refractivity contribution in [1.82, 2.24) is 5.43 Å². The third-order valence-corrected chi connectivity index (χ3v) is 1.88. The Morgan fingerprint density at radius 2 is 2.24 bits per heavy atom. The molecule has 5 nitrogen and oxygen atoms in total.